The summed E-state index contributed by atoms with van der Waals surface area (Å²) in [5.74, 6) is 0.610. The second kappa shape index (κ2) is 5.55. The number of anilines is 1. The monoisotopic (exact) mass is 248 g/mol. The molecule has 0 saturated heterocycles. The molecule has 1 N–H and O–H groups in total. The highest BCUT2D eigenvalue weighted by molar-refractivity contribution is 6.30. The Morgan fingerprint density at radius 1 is 1.29 bits per heavy atom. The van der Waals surface area contributed by atoms with Crippen molar-refractivity contribution in [2.45, 2.75) is 6.54 Å². The van der Waals surface area contributed by atoms with Crippen molar-refractivity contribution >= 4 is 17.3 Å². The van der Waals surface area contributed by atoms with Gasteiger partial charge in [-0.1, -0.05) is 23.7 Å². The maximum absolute atomic E-state index is 5.91. The fourth-order valence-corrected chi connectivity index (χ4v) is 1.67. The third kappa shape index (κ3) is 3.36. The highest BCUT2D eigenvalue weighted by Gasteiger charge is 1.96. The molecule has 0 amide bonds. The molecular weight excluding hydrogens is 236 g/mol. The molecule has 0 aliphatic rings. The zero-order valence-corrected chi connectivity index (χ0v) is 10.2. The molecular formula is C13H13ClN2O. The summed E-state index contributed by atoms with van der Waals surface area (Å²) in [7, 11) is 1.60. The lowest BCUT2D eigenvalue weighted by Crippen LogP contribution is -1.99. The van der Waals surface area contributed by atoms with Crippen LogP contribution in [-0.2, 0) is 6.54 Å². The van der Waals surface area contributed by atoms with Gasteiger partial charge in [0.2, 0.25) is 5.88 Å². The maximum Gasteiger partial charge on any atom is 0.213 e. The highest BCUT2D eigenvalue weighted by Crippen LogP contribution is 2.14. The lowest BCUT2D eigenvalue weighted by Gasteiger charge is -2.07. The number of aromatic nitrogens is 1. The first-order chi connectivity index (χ1) is 8.28. The van der Waals surface area contributed by atoms with Crippen molar-refractivity contribution in [3.05, 3.63) is 53.2 Å². The summed E-state index contributed by atoms with van der Waals surface area (Å²) in [6.45, 7) is 0.717. The van der Waals surface area contributed by atoms with E-state index in [0.29, 0.717) is 12.4 Å². The Morgan fingerprint density at radius 3 is 2.82 bits per heavy atom. The number of hydrogen-bond donors (Lipinski definition) is 1. The molecule has 0 fully saturated rings. The zero-order valence-electron chi connectivity index (χ0n) is 9.48. The number of rotatable bonds is 4. The van der Waals surface area contributed by atoms with Crippen LogP contribution in [0.2, 0.25) is 5.02 Å². The van der Waals surface area contributed by atoms with E-state index in [1.54, 1.807) is 13.3 Å². The molecule has 1 heterocycles. The fraction of sp³-hybridized carbons (Fsp3) is 0.154. The molecule has 88 valence electrons. The number of nitrogens with one attached hydrogen (secondary N) is 1. The summed E-state index contributed by atoms with van der Waals surface area (Å²) in [5.41, 5.74) is 2.08. The van der Waals surface area contributed by atoms with E-state index in [4.69, 9.17) is 16.3 Å². The molecule has 0 atom stereocenters. The normalized spacial score (nSPS) is 10.0. The number of halogens is 1. The van der Waals surface area contributed by atoms with Gasteiger partial charge in [-0.2, -0.15) is 0 Å². The van der Waals surface area contributed by atoms with Crippen LogP contribution in [0.4, 0.5) is 5.69 Å². The molecule has 17 heavy (non-hydrogen) atoms. The highest BCUT2D eigenvalue weighted by atomic mass is 35.5. The van der Waals surface area contributed by atoms with Gasteiger partial charge in [0.1, 0.15) is 0 Å². The van der Waals surface area contributed by atoms with Gasteiger partial charge < -0.3 is 10.1 Å². The second-order valence-corrected chi connectivity index (χ2v) is 4.01. The largest absolute Gasteiger partial charge is 0.481 e. The lowest BCUT2D eigenvalue weighted by atomic mass is 10.2. The van der Waals surface area contributed by atoms with Crippen molar-refractivity contribution in [2.75, 3.05) is 12.4 Å². The van der Waals surface area contributed by atoms with Gasteiger partial charge in [-0.15, -0.1) is 0 Å². The fourth-order valence-electron chi connectivity index (χ4n) is 1.46. The summed E-state index contributed by atoms with van der Waals surface area (Å²) in [5, 5.41) is 4.01. The van der Waals surface area contributed by atoms with E-state index in [1.165, 1.54) is 0 Å². The molecule has 0 radical (unpaired) electrons. The Labute approximate surface area is 105 Å². The Balaban J connectivity index is 1.97. The number of pyridine rings is 1. The molecule has 1 aromatic carbocycles. The van der Waals surface area contributed by atoms with E-state index in [2.05, 4.69) is 10.3 Å². The summed E-state index contributed by atoms with van der Waals surface area (Å²) in [4.78, 5) is 4.12. The molecule has 0 bridgehead atoms. The van der Waals surface area contributed by atoms with Crippen molar-refractivity contribution < 1.29 is 4.74 Å². The van der Waals surface area contributed by atoms with Crippen LogP contribution in [0, 0.1) is 0 Å². The maximum atomic E-state index is 5.91. The van der Waals surface area contributed by atoms with Crippen LogP contribution in [0.5, 0.6) is 5.88 Å². The summed E-state index contributed by atoms with van der Waals surface area (Å²) in [6, 6.07) is 11.5. The first kappa shape index (κ1) is 11.7. The van der Waals surface area contributed by atoms with Crippen molar-refractivity contribution in [1.29, 1.82) is 0 Å². The van der Waals surface area contributed by atoms with Gasteiger partial charge in [0.15, 0.2) is 0 Å². The number of benzene rings is 1. The minimum absolute atomic E-state index is 0.610. The number of ether oxygens (including phenoxy) is 1. The summed E-state index contributed by atoms with van der Waals surface area (Å²) in [6.07, 6.45) is 1.74. The van der Waals surface area contributed by atoms with E-state index < -0.39 is 0 Å². The van der Waals surface area contributed by atoms with Crippen LogP contribution in [0.25, 0.3) is 0 Å². The predicted octanol–water partition coefficient (Wildman–Crippen LogP) is 3.36. The molecule has 0 saturated carbocycles. The molecule has 0 unspecified atom stereocenters. The minimum atomic E-state index is 0.610. The van der Waals surface area contributed by atoms with E-state index >= 15 is 0 Å². The summed E-state index contributed by atoms with van der Waals surface area (Å²) >= 11 is 5.91. The van der Waals surface area contributed by atoms with Gasteiger partial charge in [-0.05, 0) is 23.8 Å². The Bertz CT molecular complexity index is 485. The average molecular weight is 249 g/mol. The van der Waals surface area contributed by atoms with Gasteiger partial charge in [0, 0.05) is 17.6 Å². The number of hydrogen-bond acceptors (Lipinski definition) is 3. The Kier molecular flexibility index (Phi) is 3.83. The van der Waals surface area contributed by atoms with Crippen LogP contribution in [0.1, 0.15) is 5.56 Å². The molecule has 2 rings (SSSR count). The van der Waals surface area contributed by atoms with E-state index in [1.807, 2.05) is 36.4 Å². The van der Waals surface area contributed by atoms with Crippen molar-refractivity contribution in [3.63, 3.8) is 0 Å². The molecule has 4 heteroatoms. The quantitative estimate of drug-likeness (QED) is 0.901. The van der Waals surface area contributed by atoms with Gasteiger partial charge in [0.25, 0.3) is 0 Å². The first-order valence-corrected chi connectivity index (χ1v) is 5.64. The Morgan fingerprint density at radius 2 is 2.18 bits per heavy atom. The predicted molar refractivity (Wildman–Crippen MR) is 69.6 cm³/mol. The number of nitrogens with zero attached hydrogens (tertiary/aromatic N) is 1. The standard InChI is InChI=1S/C13H13ClN2O/c1-17-13-6-5-12(9-16-13)15-8-10-3-2-4-11(14)7-10/h2-7,9,15H,8H2,1H3. The molecule has 2 aromatic rings. The van der Waals surface area contributed by atoms with Gasteiger partial charge in [0.05, 0.1) is 19.0 Å². The topological polar surface area (TPSA) is 34.1 Å². The van der Waals surface area contributed by atoms with Crippen molar-refractivity contribution in [2.24, 2.45) is 0 Å². The third-order valence-corrected chi connectivity index (χ3v) is 2.57. The SMILES string of the molecule is COc1ccc(NCc2cccc(Cl)c2)cn1. The smallest absolute Gasteiger partial charge is 0.213 e. The minimum Gasteiger partial charge on any atom is -0.481 e. The average Bonchev–Trinajstić information content (AvgIpc) is 2.37. The molecule has 0 aliphatic carbocycles. The van der Waals surface area contributed by atoms with Crippen LogP contribution in [0.15, 0.2) is 42.6 Å². The molecule has 0 spiro atoms. The zero-order chi connectivity index (χ0) is 12.1. The second-order valence-electron chi connectivity index (χ2n) is 3.57. The van der Waals surface area contributed by atoms with Gasteiger partial charge >= 0.3 is 0 Å². The van der Waals surface area contributed by atoms with Crippen molar-refractivity contribution in [1.82, 2.24) is 4.98 Å². The summed E-state index contributed by atoms with van der Waals surface area (Å²) < 4.78 is 4.99. The van der Waals surface area contributed by atoms with Crippen LogP contribution in [0.3, 0.4) is 0 Å². The van der Waals surface area contributed by atoms with Crippen LogP contribution >= 0.6 is 11.6 Å². The molecule has 0 aliphatic heterocycles. The molecule has 3 nitrogen and oxygen atoms in total. The first-order valence-electron chi connectivity index (χ1n) is 5.26. The number of methoxy groups -OCH3 is 1. The lowest BCUT2D eigenvalue weighted by molar-refractivity contribution is 0.398. The van der Waals surface area contributed by atoms with E-state index in [9.17, 15) is 0 Å². The van der Waals surface area contributed by atoms with E-state index in [-0.39, 0.29) is 0 Å². The van der Waals surface area contributed by atoms with Crippen molar-refractivity contribution in [3.8, 4) is 5.88 Å². The third-order valence-electron chi connectivity index (χ3n) is 2.33. The van der Waals surface area contributed by atoms with Crippen LogP contribution in [-0.4, -0.2) is 12.1 Å². The molecule has 1 aromatic heterocycles. The van der Waals surface area contributed by atoms with E-state index in [0.717, 1.165) is 16.3 Å². The van der Waals surface area contributed by atoms with Gasteiger partial charge in [-0.25, -0.2) is 4.98 Å². The van der Waals surface area contributed by atoms with Gasteiger partial charge in [-0.3, -0.25) is 0 Å². The Hall–Kier alpha value is -1.74. The van der Waals surface area contributed by atoms with Crippen LogP contribution < -0.4 is 10.1 Å².